The van der Waals surface area contributed by atoms with Gasteiger partial charge in [0.25, 0.3) is 0 Å². The van der Waals surface area contributed by atoms with Gasteiger partial charge < -0.3 is 0 Å². The minimum absolute atomic E-state index is 1.25. The van der Waals surface area contributed by atoms with Crippen LogP contribution in [0.2, 0.25) is 0 Å². The van der Waals surface area contributed by atoms with Gasteiger partial charge >= 0.3 is 0 Å². The Balaban J connectivity index is 3.08. The van der Waals surface area contributed by atoms with Gasteiger partial charge in [0.2, 0.25) is 0 Å². The average molecular weight is 222 g/mol. The quantitative estimate of drug-likeness (QED) is 0.295. The molecule has 0 fully saturated rings. The summed E-state index contributed by atoms with van der Waals surface area (Å²) in [5.41, 5.74) is 0. The lowest BCUT2D eigenvalue weighted by Gasteiger charge is -1.94. The van der Waals surface area contributed by atoms with E-state index in [0.717, 1.165) is 0 Å². The van der Waals surface area contributed by atoms with Gasteiger partial charge in [0.05, 0.1) is 0 Å². The molecule has 0 bridgehead atoms. The number of hydrogen-bond acceptors (Lipinski definition) is 0. The van der Waals surface area contributed by atoms with Crippen molar-refractivity contribution in [2.24, 2.45) is 0 Å². The van der Waals surface area contributed by atoms with E-state index in [2.05, 4.69) is 38.2 Å². The highest BCUT2D eigenvalue weighted by molar-refractivity contribution is 4.83. The molecule has 0 nitrogen and oxygen atoms in total. The Hall–Kier alpha value is -0.520. The smallest absolute Gasteiger partial charge is 0.0351 e. The van der Waals surface area contributed by atoms with E-state index in [-0.39, 0.29) is 0 Å². The monoisotopic (exact) mass is 222 g/mol. The number of allylic oxidation sites excluding steroid dienone is 4. The van der Waals surface area contributed by atoms with Crippen molar-refractivity contribution in [1.82, 2.24) is 0 Å². The molecule has 0 heteroatoms. The van der Waals surface area contributed by atoms with Crippen LogP contribution in [0, 0.1) is 0 Å². The van der Waals surface area contributed by atoms with Crippen molar-refractivity contribution >= 4 is 0 Å². The van der Waals surface area contributed by atoms with Crippen LogP contribution in [0.4, 0.5) is 0 Å². The van der Waals surface area contributed by atoms with Crippen LogP contribution in [0.15, 0.2) is 24.3 Å². The van der Waals surface area contributed by atoms with Crippen LogP contribution in [0.25, 0.3) is 0 Å². The third-order valence-corrected chi connectivity index (χ3v) is 2.75. The van der Waals surface area contributed by atoms with Crippen molar-refractivity contribution in [2.45, 2.75) is 78.1 Å². The summed E-state index contributed by atoms with van der Waals surface area (Å²) >= 11 is 0. The van der Waals surface area contributed by atoms with Crippen LogP contribution in [0.5, 0.6) is 0 Å². The molecular formula is C16H30. The molecule has 0 atom stereocenters. The Labute approximate surface area is 103 Å². The first-order valence-electron chi connectivity index (χ1n) is 7.21. The lowest BCUT2D eigenvalue weighted by atomic mass is 10.1. The van der Waals surface area contributed by atoms with Crippen LogP contribution < -0.4 is 0 Å². The molecule has 0 heterocycles. The largest absolute Gasteiger partial charge is 0.0885 e. The molecule has 0 aromatic heterocycles. The zero-order valence-corrected chi connectivity index (χ0v) is 11.4. The molecule has 0 saturated carbocycles. The van der Waals surface area contributed by atoms with Crippen LogP contribution in [-0.4, -0.2) is 0 Å². The van der Waals surface area contributed by atoms with Crippen LogP contribution in [-0.2, 0) is 0 Å². The summed E-state index contributed by atoms with van der Waals surface area (Å²) < 4.78 is 0. The van der Waals surface area contributed by atoms with Crippen molar-refractivity contribution in [3.05, 3.63) is 24.3 Å². The van der Waals surface area contributed by atoms with Gasteiger partial charge in [0.1, 0.15) is 0 Å². The highest BCUT2D eigenvalue weighted by atomic mass is 13.9. The maximum Gasteiger partial charge on any atom is -0.0351 e. The molecule has 94 valence electrons. The number of hydrogen-bond donors (Lipinski definition) is 0. The zero-order chi connectivity index (χ0) is 11.9. The Morgan fingerprint density at radius 1 is 0.500 bits per heavy atom. The van der Waals surface area contributed by atoms with E-state index >= 15 is 0 Å². The molecule has 0 aromatic carbocycles. The molecule has 0 aliphatic rings. The average Bonchev–Trinajstić information content (AvgIpc) is 2.31. The van der Waals surface area contributed by atoms with Gasteiger partial charge in [0, 0.05) is 0 Å². The summed E-state index contributed by atoms with van der Waals surface area (Å²) in [7, 11) is 0. The summed E-state index contributed by atoms with van der Waals surface area (Å²) in [5, 5.41) is 0. The summed E-state index contributed by atoms with van der Waals surface area (Å²) in [6, 6.07) is 0. The van der Waals surface area contributed by atoms with E-state index in [1.54, 1.807) is 0 Å². The third kappa shape index (κ3) is 13.5. The molecule has 0 unspecified atom stereocenters. The van der Waals surface area contributed by atoms with Crippen molar-refractivity contribution in [2.75, 3.05) is 0 Å². The van der Waals surface area contributed by atoms with E-state index in [9.17, 15) is 0 Å². The summed E-state index contributed by atoms with van der Waals surface area (Å²) in [5.74, 6) is 0. The molecule has 0 radical (unpaired) electrons. The Morgan fingerprint density at radius 3 is 1.38 bits per heavy atom. The summed E-state index contributed by atoms with van der Waals surface area (Å²) in [6.45, 7) is 4.49. The minimum atomic E-state index is 1.25. The van der Waals surface area contributed by atoms with Gasteiger partial charge in [-0.3, -0.25) is 0 Å². The van der Waals surface area contributed by atoms with E-state index in [1.807, 2.05) is 0 Å². The second kappa shape index (κ2) is 14.5. The standard InChI is InChI=1S/C16H30/c1-3-5-7-9-11-13-15-16-14-12-10-8-6-4-2/h7,9,12,14H,3-6,8,10-11,13,15-16H2,1-2H3/b9-7-,14-12-. The molecule has 0 aliphatic carbocycles. The Morgan fingerprint density at radius 2 is 0.938 bits per heavy atom. The first-order chi connectivity index (χ1) is 7.91. The first-order valence-corrected chi connectivity index (χ1v) is 7.21. The predicted octanol–water partition coefficient (Wildman–Crippen LogP) is 6.04. The zero-order valence-electron chi connectivity index (χ0n) is 11.4. The van der Waals surface area contributed by atoms with Gasteiger partial charge in [-0.05, 0) is 44.9 Å². The van der Waals surface area contributed by atoms with E-state index < -0.39 is 0 Å². The highest BCUT2D eigenvalue weighted by Gasteiger charge is 1.84. The third-order valence-electron chi connectivity index (χ3n) is 2.75. The molecule has 0 spiro atoms. The molecule has 0 aromatic rings. The fourth-order valence-corrected chi connectivity index (χ4v) is 1.67. The van der Waals surface area contributed by atoms with Crippen molar-refractivity contribution < 1.29 is 0 Å². The molecule has 16 heavy (non-hydrogen) atoms. The second-order valence-electron chi connectivity index (χ2n) is 4.51. The lowest BCUT2D eigenvalue weighted by molar-refractivity contribution is 0.723. The normalized spacial score (nSPS) is 11.9. The van der Waals surface area contributed by atoms with Gasteiger partial charge in [-0.1, -0.05) is 57.4 Å². The maximum atomic E-state index is 2.37. The topological polar surface area (TPSA) is 0 Å². The summed E-state index contributed by atoms with van der Waals surface area (Å²) in [4.78, 5) is 0. The fourth-order valence-electron chi connectivity index (χ4n) is 1.67. The molecular weight excluding hydrogens is 192 g/mol. The Kier molecular flexibility index (Phi) is 14.0. The first kappa shape index (κ1) is 15.5. The number of rotatable bonds is 11. The second-order valence-corrected chi connectivity index (χ2v) is 4.51. The highest BCUT2D eigenvalue weighted by Crippen LogP contribution is 2.04. The molecule has 0 amide bonds. The van der Waals surface area contributed by atoms with Crippen molar-refractivity contribution in [1.29, 1.82) is 0 Å². The van der Waals surface area contributed by atoms with Crippen LogP contribution >= 0.6 is 0 Å². The molecule has 0 N–H and O–H groups in total. The van der Waals surface area contributed by atoms with E-state index in [1.165, 1.54) is 64.2 Å². The lowest BCUT2D eigenvalue weighted by Crippen LogP contribution is -1.74. The van der Waals surface area contributed by atoms with Crippen LogP contribution in [0.1, 0.15) is 78.1 Å². The van der Waals surface area contributed by atoms with Gasteiger partial charge in [-0.15, -0.1) is 0 Å². The molecule has 0 saturated heterocycles. The van der Waals surface area contributed by atoms with E-state index in [4.69, 9.17) is 0 Å². The van der Waals surface area contributed by atoms with Gasteiger partial charge in [-0.2, -0.15) is 0 Å². The predicted molar refractivity (Wildman–Crippen MR) is 75.8 cm³/mol. The van der Waals surface area contributed by atoms with E-state index in [0.29, 0.717) is 0 Å². The molecule has 0 rings (SSSR count). The fraction of sp³-hybridized carbons (Fsp3) is 0.750. The number of unbranched alkanes of at least 4 members (excludes halogenated alkanes) is 7. The summed E-state index contributed by atoms with van der Waals surface area (Å²) in [6.07, 6.45) is 22.5. The van der Waals surface area contributed by atoms with Crippen molar-refractivity contribution in [3.63, 3.8) is 0 Å². The van der Waals surface area contributed by atoms with Gasteiger partial charge in [-0.25, -0.2) is 0 Å². The maximum absolute atomic E-state index is 2.37. The van der Waals surface area contributed by atoms with Crippen molar-refractivity contribution in [3.8, 4) is 0 Å². The Bertz CT molecular complexity index is 165. The minimum Gasteiger partial charge on any atom is -0.0885 e. The van der Waals surface area contributed by atoms with Crippen LogP contribution in [0.3, 0.4) is 0 Å². The SMILES string of the molecule is CCC/C=C\CCCC/C=C\CCCCC. The van der Waals surface area contributed by atoms with Gasteiger partial charge in [0.15, 0.2) is 0 Å². The molecule has 0 aliphatic heterocycles.